The molecule has 0 bridgehead atoms. The van der Waals surface area contributed by atoms with Crippen LogP contribution in [0, 0.1) is 5.92 Å². The lowest BCUT2D eigenvalue weighted by Gasteiger charge is -2.24. The minimum atomic E-state index is 0.661. The van der Waals surface area contributed by atoms with Crippen molar-refractivity contribution in [3.05, 3.63) is 30.2 Å². The summed E-state index contributed by atoms with van der Waals surface area (Å²) in [6.45, 7) is 8.19. The van der Waals surface area contributed by atoms with Gasteiger partial charge in [-0.3, -0.25) is 4.98 Å². The van der Waals surface area contributed by atoms with Gasteiger partial charge in [0.25, 0.3) is 0 Å². The molecule has 4 heteroatoms. The molecule has 4 nitrogen and oxygen atoms in total. The van der Waals surface area contributed by atoms with Crippen molar-refractivity contribution in [2.75, 3.05) is 24.5 Å². The molecule has 0 spiro atoms. The van der Waals surface area contributed by atoms with E-state index in [-0.39, 0.29) is 0 Å². The first kappa shape index (κ1) is 13.0. The summed E-state index contributed by atoms with van der Waals surface area (Å²) < 4.78 is 0. The number of aromatic nitrogens is 2. The highest BCUT2D eigenvalue weighted by atomic mass is 15.2. The van der Waals surface area contributed by atoms with Gasteiger partial charge in [-0.1, -0.05) is 26.0 Å². The molecular weight excluding hydrogens is 224 g/mol. The second kappa shape index (κ2) is 6.50. The lowest BCUT2D eigenvalue weighted by atomic mass is 10.2. The van der Waals surface area contributed by atoms with Gasteiger partial charge in [-0.15, -0.1) is 0 Å². The molecule has 0 saturated carbocycles. The molecule has 0 unspecified atom stereocenters. The van der Waals surface area contributed by atoms with E-state index in [2.05, 4.69) is 46.2 Å². The van der Waals surface area contributed by atoms with Crippen LogP contribution in [0.25, 0.3) is 0 Å². The highest BCUT2D eigenvalue weighted by molar-refractivity contribution is 5.38. The number of rotatable bonds is 5. The molecule has 0 aromatic carbocycles. The summed E-state index contributed by atoms with van der Waals surface area (Å²) in [5.74, 6) is 1.65. The Morgan fingerprint density at radius 2 is 2.22 bits per heavy atom. The maximum atomic E-state index is 4.66. The Labute approximate surface area is 109 Å². The van der Waals surface area contributed by atoms with E-state index in [0.29, 0.717) is 5.92 Å². The predicted octanol–water partition coefficient (Wildman–Crippen LogP) is 1.99. The highest BCUT2D eigenvalue weighted by Gasteiger charge is 2.09. The fourth-order valence-electron chi connectivity index (χ4n) is 1.97. The topological polar surface area (TPSA) is 41.1 Å². The van der Waals surface area contributed by atoms with E-state index < -0.39 is 0 Å². The van der Waals surface area contributed by atoms with Crippen molar-refractivity contribution in [2.24, 2.45) is 5.92 Å². The SMILES string of the molecule is CC(C)CNCc1cncc(N2CC=CCC2)n1. The first-order valence-corrected chi connectivity index (χ1v) is 6.67. The lowest BCUT2D eigenvalue weighted by molar-refractivity contribution is 0.547. The third-order valence-electron chi connectivity index (χ3n) is 2.91. The molecule has 1 aliphatic heterocycles. The summed E-state index contributed by atoms with van der Waals surface area (Å²) >= 11 is 0. The van der Waals surface area contributed by atoms with Crippen LogP contribution in [0.3, 0.4) is 0 Å². The zero-order chi connectivity index (χ0) is 12.8. The molecule has 0 fully saturated rings. The standard InChI is InChI=1S/C14H22N4/c1-12(2)8-15-9-13-10-16-11-14(17-13)18-6-4-3-5-7-18/h3-4,10-12,15H,5-9H2,1-2H3. The van der Waals surface area contributed by atoms with Gasteiger partial charge in [0.15, 0.2) is 0 Å². The van der Waals surface area contributed by atoms with Crippen LogP contribution in [0.2, 0.25) is 0 Å². The van der Waals surface area contributed by atoms with Gasteiger partial charge >= 0.3 is 0 Å². The minimum Gasteiger partial charge on any atom is -0.351 e. The van der Waals surface area contributed by atoms with Crippen LogP contribution in [0.4, 0.5) is 5.82 Å². The fourth-order valence-corrected chi connectivity index (χ4v) is 1.97. The first-order valence-electron chi connectivity index (χ1n) is 6.67. The highest BCUT2D eigenvalue weighted by Crippen LogP contribution is 2.13. The summed E-state index contributed by atoms with van der Waals surface area (Å²) in [6.07, 6.45) is 9.20. The van der Waals surface area contributed by atoms with E-state index in [1.165, 1.54) is 0 Å². The summed E-state index contributed by atoms with van der Waals surface area (Å²) in [7, 11) is 0. The predicted molar refractivity (Wildman–Crippen MR) is 74.5 cm³/mol. The third-order valence-corrected chi connectivity index (χ3v) is 2.91. The molecule has 2 heterocycles. The maximum Gasteiger partial charge on any atom is 0.147 e. The van der Waals surface area contributed by atoms with Gasteiger partial charge in [-0.2, -0.15) is 0 Å². The van der Waals surface area contributed by atoms with Crippen molar-refractivity contribution in [3.63, 3.8) is 0 Å². The molecular formula is C14H22N4. The second-order valence-corrected chi connectivity index (χ2v) is 5.10. The number of nitrogens with zero attached hydrogens (tertiary/aromatic N) is 3. The number of hydrogen-bond acceptors (Lipinski definition) is 4. The van der Waals surface area contributed by atoms with Gasteiger partial charge < -0.3 is 10.2 Å². The molecule has 0 radical (unpaired) electrons. The van der Waals surface area contributed by atoms with E-state index in [1.54, 1.807) is 0 Å². The van der Waals surface area contributed by atoms with Gasteiger partial charge in [0.05, 0.1) is 11.9 Å². The average Bonchev–Trinajstić information content (AvgIpc) is 2.40. The van der Waals surface area contributed by atoms with Crippen molar-refractivity contribution in [3.8, 4) is 0 Å². The Kier molecular flexibility index (Phi) is 4.70. The molecule has 1 aromatic rings. The molecule has 18 heavy (non-hydrogen) atoms. The monoisotopic (exact) mass is 246 g/mol. The second-order valence-electron chi connectivity index (χ2n) is 5.10. The Balaban J connectivity index is 1.94. The Morgan fingerprint density at radius 3 is 2.94 bits per heavy atom. The van der Waals surface area contributed by atoms with E-state index in [1.807, 2.05) is 12.4 Å². The zero-order valence-corrected chi connectivity index (χ0v) is 11.3. The van der Waals surface area contributed by atoms with Gasteiger partial charge in [0, 0.05) is 25.8 Å². The van der Waals surface area contributed by atoms with Crippen LogP contribution < -0.4 is 10.2 Å². The van der Waals surface area contributed by atoms with E-state index in [4.69, 9.17) is 0 Å². The normalized spacial score (nSPS) is 15.4. The zero-order valence-electron chi connectivity index (χ0n) is 11.3. The van der Waals surface area contributed by atoms with E-state index in [9.17, 15) is 0 Å². The molecule has 1 aliphatic rings. The Morgan fingerprint density at radius 1 is 1.33 bits per heavy atom. The number of anilines is 1. The summed E-state index contributed by atoms with van der Waals surface area (Å²) in [4.78, 5) is 11.2. The van der Waals surface area contributed by atoms with Gasteiger partial charge in [-0.25, -0.2) is 4.98 Å². The molecule has 2 rings (SSSR count). The molecule has 1 N–H and O–H groups in total. The van der Waals surface area contributed by atoms with Crippen LogP contribution >= 0.6 is 0 Å². The third kappa shape index (κ3) is 3.81. The largest absolute Gasteiger partial charge is 0.351 e. The van der Waals surface area contributed by atoms with Gasteiger partial charge in [0.2, 0.25) is 0 Å². The van der Waals surface area contributed by atoms with Crippen LogP contribution in [0.5, 0.6) is 0 Å². The molecule has 0 aliphatic carbocycles. The van der Waals surface area contributed by atoms with Gasteiger partial charge in [-0.05, 0) is 18.9 Å². The van der Waals surface area contributed by atoms with Crippen molar-refractivity contribution >= 4 is 5.82 Å². The number of hydrogen-bond donors (Lipinski definition) is 1. The van der Waals surface area contributed by atoms with Crippen molar-refractivity contribution < 1.29 is 0 Å². The average molecular weight is 246 g/mol. The van der Waals surface area contributed by atoms with Crippen LogP contribution in [0.1, 0.15) is 26.0 Å². The lowest BCUT2D eigenvalue weighted by Crippen LogP contribution is -2.28. The molecule has 0 atom stereocenters. The fraction of sp³-hybridized carbons (Fsp3) is 0.571. The van der Waals surface area contributed by atoms with Crippen LogP contribution in [-0.2, 0) is 6.54 Å². The number of nitrogens with one attached hydrogen (secondary N) is 1. The van der Waals surface area contributed by atoms with E-state index in [0.717, 1.165) is 44.1 Å². The maximum absolute atomic E-state index is 4.66. The molecule has 98 valence electrons. The first-order chi connectivity index (χ1) is 8.75. The van der Waals surface area contributed by atoms with Crippen LogP contribution in [0.15, 0.2) is 24.5 Å². The molecule has 1 aromatic heterocycles. The van der Waals surface area contributed by atoms with Crippen molar-refractivity contribution in [1.82, 2.24) is 15.3 Å². The smallest absolute Gasteiger partial charge is 0.147 e. The minimum absolute atomic E-state index is 0.661. The van der Waals surface area contributed by atoms with Crippen molar-refractivity contribution in [2.45, 2.75) is 26.8 Å². The Bertz CT molecular complexity index is 401. The quantitative estimate of drug-likeness (QED) is 0.807. The summed E-state index contributed by atoms with van der Waals surface area (Å²) in [5.41, 5.74) is 1.02. The molecule has 0 amide bonds. The summed E-state index contributed by atoms with van der Waals surface area (Å²) in [5, 5.41) is 3.40. The van der Waals surface area contributed by atoms with Gasteiger partial charge in [0.1, 0.15) is 5.82 Å². The van der Waals surface area contributed by atoms with Crippen molar-refractivity contribution in [1.29, 1.82) is 0 Å². The van der Waals surface area contributed by atoms with E-state index >= 15 is 0 Å². The molecule has 0 saturated heterocycles. The Hall–Kier alpha value is -1.42. The summed E-state index contributed by atoms with van der Waals surface area (Å²) in [6, 6.07) is 0. The van der Waals surface area contributed by atoms with Crippen LogP contribution in [-0.4, -0.2) is 29.6 Å².